The zero-order chi connectivity index (χ0) is 6.04. The van der Waals surface area contributed by atoms with Crippen LogP contribution in [-0.4, -0.2) is 16.9 Å². The summed E-state index contributed by atoms with van der Waals surface area (Å²) in [5, 5.41) is 0. The highest BCUT2D eigenvalue weighted by atomic mass is 127. The summed E-state index contributed by atoms with van der Waals surface area (Å²) in [4.78, 5) is 0. The maximum absolute atomic E-state index is 12.8. The largest absolute Gasteiger partial charge is 0.381 e. The van der Waals surface area contributed by atoms with Gasteiger partial charge in [-0.2, -0.15) is 0 Å². The standard InChI is InChI=1S/C5H8FIO/c6-5(7)1-3-8-4-2-5/h1-4H2. The van der Waals surface area contributed by atoms with E-state index in [1.54, 1.807) is 0 Å². The Morgan fingerprint density at radius 3 is 2.12 bits per heavy atom. The lowest BCUT2D eigenvalue weighted by Crippen LogP contribution is -2.24. The monoisotopic (exact) mass is 230 g/mol. The van der Waals surface area contributed by atoms with Crippen LogP contribution in [0.3, 0.4) is 0 Å². The van der Waals surface area contributed by atoms with Crippen molar-refractivity contribution in [3.05, 3.63) is 0 Å². The number of halogens is 2. The third-order valence-corrected chi connectivity index (χ3v) is 2.30. The molecule has 0 unspecified atom stereocenters. The summed E-state index contributed by atoms with van der Waals surface area (Å²) in [6, 6.07) is 0. The minimum absolute atomic E-state index is 0.549. The molecular formula is C5H8FIO. The number of hydrogen-bond donors (Lipinski definition) is 0. The van der Waals surface area contributed by atoms with Gasteiger partial charge in [-0.25, -0.2) is 4.39 Å². The fourth-order valence-electron chi connectivity index (χ4n) is 0.670. The van der Waals surface area contributed by atoms with Gasteiger partial charge >= 0.3 is 0 Å². The fourth-order valence-corrected chi connectivity index (χ4v) is 1.11. The average molecular weight is 230 g/mol. The summed E-state index contributed by atoms with van der Waals surface area (Å²) >= 11 is 1.84. The van der Waals surface area contributed by atoms with E-state index in [0.29, 0.717) is 26.1 Å². The van der Waals surface area contributed by atoms with Gasteiger partial charge < -0.3 is 4.74 Å². The van der Waals surface area contributed by atoms with Crippen molar-refractivity contribution in [1.29, 1.82) is 0 Å². The molecule has 1 aliphatic rings. The van der Waals surface area contributed by atoms with Crippen LogP contribution in [-0.2, 0) is 4.74 Å². The van der Waals surface area contributed by atoms with Crippen molar-refractivity contribution >= 4 is 22.6 Å². The second kappa shape index (κ2) is 2.47. The minimum atomic E-state index is -0.976. The molecule has 1 saturated heterocycles. The number of rotatable bonds is 0. The molecule has 1 nitrogen and oxygen atoms in total. The van der Waals surface area contributed by atoms with Gasteiger partial charge in [-0.3, -0.25) is 0 Å². The quantitative estimate of drug-likeness (QED) is 0.456. The lowest BCUT2D eigenvalue weighted by atomic mass is 10.2. The molecule has 1 aliphatic heterocycles. The molecule has 0 amide bonds. The van der Waals surface area contributed by atoms with Crippen molar-refractivity contribution in [2.24, 2.45) is 0 Å². The number of alkyl halides is 2. The highest BCUT2D eigenvalue weighted by Gasteiger charge is 2.27. The SMILES string of the molecule is FC1(I)CCOCC1. The van der Waals surface area contributed by atoms with E-state index in [1.807, 2.05) is 22.6 Å². The Morgan fingerprint density at radius 2 is 1.88 bits per heavy atom. The summed E-state index contributed by atoms with van der Waals surface area (Å²) in [5.74, 6) is 0. The van der Waals surface area contributed by atoms with Crippen LogP contribution < -0.4 is 0 Å². The molecule has 0 spiro atoms. The maximum atomic E-state index is 12.8. The van der Waals surface area contributed by atoms with E-state index in [9.17, 15) is 4.39 Å². The van der Waals surface area contributed by atoms with Crippen LogP contribution >= 0.6 is 22.6 Å². The summed E-state index contributed by atoms with van der Waals surface area (Å²) in [7, 11) is 0. The zero-order valence-corrected chi connectivity index (χ0v) is 6.65. The Morgan fingerprint density at radius 1 is 1.38 bits per heavy atom. The summed E-state index contributed by atoms with van der Waals surface area (Å²) in [6.07, 6.45) is 1.10. The number of ether oxygens (including phenoxy) is 1. The van der Waals surface area contributed by atoms with E-state index in [-0.39, 0.29) is 0 Å². The summed E-state index contributed by atoms with van der Waals surface area (Å²) in [5.41, 5.74) is 0. The summed E-state index contributed by atoms with van der Waals surface area (Å²) in [6.45, 7) is 1.17. The highest BCUT2D eigenvalue weighted by Crippen LogP contribution is 2.31. The fraction of sp³-hybridized carbons (Fsp3) is 1.00. The van der Waals surface area contributed by atoms with Gasteiger partial charge in [0, 0.05) is 12.8 Å². The van der Waals surface area contributed by atoms with E-state index < -0.39 is 3.68 Å². The van der Waals surface area contributed by atoms with Crippen molar-refractivity contribution in [2.45, 2.75) is 16.5 Å². The van der Waals surface area contributed by atoms with E-state index >= 15 is 0 Å². The van der Waals surface area contributed by atoms with E-state index in [2.05, 4.69) is 0 Å². The second-order valence-electron chi connectivity index (χ2n) is 1.97. The molecule has 0 saturated carbocycles. The molecule has 0 aromatic carbocycles. The third kappa shape index (κ3) is 1.85. The Kier molecular flexibility index (Phi) is 2.08. The predicted octanol–water partition coefficient (Wildman–Crippen LogP) is 1.90. The topological polar surface area (TPSA) is 9.23 Å². The Hall–Kier alpha value is 0.620. The van der Waals surface area contributed by atoms with Gasteiger partial charge in [0.1, 0.15) is 0 Å². The van der Waals surface area contributed by atoms with Crippen LogP contribution in [0.5, 0.6) is 0 Å². The molecule has 0 aliphatic carbocycles. The zero-order valence-electron chi connectivity index (χ0n) is 4.49. The van der Waals surface area contributed by atoms with Crippen LogP contribution in [0, 0.1) is 0 Å². The summed E-state index contributed by atoms with van der Waals surface area (Å²) < 4.78 is 16.8. The maximum Gasteiger partial charge on any atom is 0.165 e. The first-order valence-electron chi connectivity index (χ1n) is 2.66. The van der Waals surface area contributed by atoms with Gasteiger partial charge in [-0.15, -0.1) is 0 Å². The Balaban J connectivity index is 2.33. The van der Waals surface area contributed by atoms with E-state index in [0.717, 1.165) is 0 Å². The molecule has 1 rings (SSSR count). The lowest BCUT2D eigenvalue weighted by molar-refractivity contribution is 0.0445. The van der Waals surface area contributed by atoms with E-state index in [1.165, 1.54) is 0 Å². The van der Waals surface area contributed by atoms with Crippen LogP contribution in [0.25, 0.3) is 0 Å². The van der Waals surface area contributed by atoms with Crippen molar-refractivity contribution in [3.63, 3.8) is 0 Å². The lowest BCUT2D eigenvalue weighted by Gasteiger charge is -2.22. The average Bonchev–Trinajstić information content (AvgIpc) is 1.65. The van der Waals surface area contributed by atoms with Crippen LogP contribution in [0.2, 0.25) is 0 Å². The Labute approximate surface area is 61.7 Å². The van der Waals surface area contributed by atoms with Crippen LogP contribution in [0.4, 0.5) is 4.39 Å². The molecule has 0 bridgehead atoms. The smallest absolute Gasteiger partial charge is 0.165 e. The second-order valence-corrected chi connectivity index (χ2v) is 3.90. The molecule has 1 heterocycles. The Bertz CT molecular complexity index is 76.5. The molecule has 3 heteroatoms. The molecule has 8 heavy (non-hydrogen) atoms. The van der Waals surface area contributed by atoms with Gasteiger partial charge in [0.25, 0.3) is 0 Å². The van der Waals surface area contributed by atoms with Crippen LogP contribution in [0.1, 0.15) is 12.8 Å². The molecular weight excluding hydrogens is 222 g/mol. The first-order valence-corrected chi connectivity index (χ1v) is 3.74. The molecule has 0 radical (unpaired) electrons. The molecule has 0 atom stereocenters. The molecule has 1 fully saturated rings. The number of hydrogen-bond acceptors (Lipinski definition) is 1. The van der Waals surface area contributed by atoms with Gasteiger partial charge in [-0.1, -0.05) is 0 Å². The highest BCUT2D eigenvalue weighted by molar-refractivity contribution is 14.1. The van der Waals surface area contributed by atoms with Gasteiger partial charge in [0.2, 0.25) is 0 Å². The van der Waals surface area contributed by atoms with Crippen molar-refractivity contribution in [1.82, 2.24) is 0 Å². The molecule has 0 N–H and O–H groups in total. The molecule has 0 aromatic heterocycles. The molecule has 0 aromatic rings. The van der Waals surface area contributed by atoms with Crippen LogP contribution in [0.15, 0.2) is 0 Å². The van der Waals surface area contributed by atoms with Gasteiger partial charge in [-0.05, 0) is 22.6 Å². The van der Waals surface area contributed by atoms with Crippen molar-refractivity contribution in [3.8, 4) is 0 Å². The minimum Gasteiger partial charge on any atom is -0.381 e. The predicted molar refractivity (Wildman–Crippen MR) is 37.9 cm³/mol. The first kappa shape index (κ1) is 6.74. The molecule has 48 valence electrons. The van der Waals surface area contributed by atoms with E-state index in [4.69, 9.17) is 4.74 Å². The third-order valence-electron chi connectivity index (χ3n) is 1.22. The van der Waals surface area contributed by atoms with Gasteiger partial charge in [0.15, 0.2) is 3.68 Å². The normalized spacial score (nSPS) is 27.8. The van der Waals surface area contributed by atoms with Crippen molar-refractivity contribution < 1.29 is 9.13 Å². The first-order chi connectivity index (χ1) is 3.71. The van der Waals surface area contributed by atoms with Crippen molar-refractivity contribution in [2.75, 3.05) is 13.2 Å². The van der Waals surface area contributed by atoms with Gasteiger partial charge in [0.05, 0.1) is 13.2 Å².